The Hall–Kier alpha value is -1.26. The lowest BCUT2D eigenvalue weighted by Gasteiger charge is -2.05. The fraction of sp³-hybridized carbons (Fsp3) is 0.200. The minimum atomic E-state index is -0.576. The second-order valence-electron chi connectivity index (χ2n) is 2.76. The molecule has 0 unspecified atom stereocenters. The van der Waals surface area contributed by atoms with Crippen LogP contribution in [0, 0.1) is 0 Å². The molecule has 0 bridgehead atoms. The maximum absolute atomic E-state index is 10.4. The summed E-state index contributed by atoms with van der Waals surface area (Å²) in [6.07, 6.45) is 0. The van der Waals surface area contributed by atoms with Gasteiger partial charge in [0.1, 0.15) is 11.5 Å². The number of carbonyl (C=O) groups excluding carboxylic acids is 2. The first-order valence-corrected chi connectivity index (χ1v) is 5.06. The maximum Gasteiger partial charge on any atom is 0.259 e. The van der Waals surface area contributed by atoms with Crippen molar-refractivity contribution in [3.8, 4) is 11.5 Å². The summed E-state index contributed by atoms with van der Waals surface area (Å²) in [6.45, 7) is -0.385. The van der Waals surface area contributed by atoms with E-state index in [2.05, 4.69) is 0 Å². The van der Waals surface area contributed by atoms with E-state index in [4.69, 9.17) is 32.7 Å². The lowest BCUT2D eigenvalue weighted by Crippen LogP contribution is -2.05. The van der Waals surface area contributed by atoms with Gasteiger partial charge in [-0.05, 0) is 47.5 Å². The molecule has 0 aromatic heterocycles. The summed E-state index contributed by atoms with van der Waals surface area (Å²) in [4.78, 5) is 20.9. The Morgan fingerprint density at radius 1 is 0.875 bits per heavy atom. The number of ether oxygens (including phenoxy) is 2. The second kappa shape index (κ2) is 6.35. The van der Waals surface area contributed by atoms with Crippen LogP contribution in [0.15, 0.2) is 24.3 Å². The molecule has 86 valence electrons. The van der Waals surface area contributed by atoms with Crippen LogP contribution < -0.4 is 9.47 Å². The average molecular weight is 263 g/mol. The van der Waals surface area contributed by atoms with Gasteiger partial charge in [-0.25, -0.2) is 0 Å². The van der Waals surface area contributed by atoms with E-state index < -0.39 is 10.5 Å². The summed E-state index contributed by atoms with van der Waals surface area (Å²) in [5.41, 5.74) is 0. The molecule has 0 amide bonds. The Balaban J connectivity index is 2.47. The number of benzene rings is 1. The van der Waals surface area contributed by atoms with E-state index in [0.29, 0.717) is 11.5 Å². The van der Waals surface area contributed by atoms with Gasteiger partial charge in [-0.2, -0.15) is 0 Å². The van der Waals surface area contributed by atoms with Gasteiger partial charge in [0, 0.05) is 0 Å². The molecule has 0 fully saturated rings. The largest absolute Gasteiger partial charge is 0.484 e. The summed E-state index contributed by atoms with van der Waals surface area (Å²) < 4.78 is 10.0. The van der Waals surface area contributed by atoms with Crippen molar-refractivity contribution in [2.75, 3.05) is 13.2 Å². The molecule has 6 heteroatoms. The molecule has 0 saturated carbocycles. The third-order valence-electron chi connectivity index (χ3n) is 1.53. The molecule has 0 atom stereocenters. The molecule has 0 aliphatic rings. The molecular formula is C10H8Cl2O4. The fourth-order valence-corrected chi connectivity index (χ4v) is 1.02. The Morgan fingerprint density at radius 3 is 1.44 bits per heavy atom. The van der Waals surface area contributed by atoms with Gasteiger partial charge in [0.2, 0.25) is 0 Å². The van der Waals surface area contributed by atoms with Crippen molar-refractivity contribution in [1.82, 2.24) is 0 Å². The van der Waals surface area contributed by atoms with Gasteiger partial charge in [-0.15, -0.1) is 0 Å². The number of hydrogen-bond donors (Lipinski definition) is 0. The van der Waals surface area contributed by atoms with Crippen LogP contribution in [0.1, 0.15) is 0 Å². The number of halogens is 2. The molecule has 0 radical (unpaired) electrons. The van der Waals surface area contributed by atoms with E-state index in [1.165, 1.54) is 0 Å². The molecular weight excluding hydrogens is 255 g/mol. The molecule has 0 saturated heterocycles. The summed E-state index contributed by atoms with van der Waals surface area (Å²) in [7, 11) is 0. The van der Waals surface area contributed by atoms with Crippen LogP contribution in [0.5, 0.6) is 11.5 Å². The summed E-state index contributed by atoms with van der Waals surface area (Å²) >= 11 is 10.2. The number of carbonyl (C=O) groups is 2. The molecule has 4 nitrogen and oxygen atoms in total. The SMILES string of the molecule is O=C(Cl)COc1ccc(OCC(=O)Cl)cc1. The van der Waals surface area contributed by atoms with E-state index in [1.54, 1.807) is 24.3 Å². The Bertz CT molecular complexity index is 338. The highest BCUT2D eigenvalue weighted by Gasteiger charge is 2.01. The highest BCUT2D eigenvalue weighted by Crippen LogP contribution is 2.17. The predicted octanol–water partition coefficient (Wildman–Crippen LogP) is 1.98. The zero-order chi connectivity index (χ0) is 12.0. The zero-order valence-electron chi connectivity index (χ0n) is 8.11. The number of rotatable bonds is 6. The van der Waals surface area contributed by atoms with Crippen molar-refractivity contribution in [2.45, 2.75) is 0 Å². The molecule has 1 aromatic carbocycles. The van der Waals surface area contributed by atoms with Gasteiger partial charge in [-0.1, -0.05) is 0 Å². The number of hydrogen-bond acceptors (Lipinski definition) is 4. The van der Waals surface area contributed by atoms with Gasteiger partial charge in [0.15, 0.2) is 13.2 Å². The van der Waals surface area contributed by atoms with Crippen LogP contribution in [-0.2, 0) is 9.59 Å². The van der Waals surface area contributed by atoms with Crippen LogP contribution in [0.4, 0.5) is 0 Å². The molecule has 0 aliphatic heterocycles. The topological polar surface area (TPSA) is 52.6 Å². The van der Waals surface area contributed by atoms with Gasteiger partial charge >= 0.3 is 0 Å². The van der Waals surface area contributed by atoms with Gasteiger partial charge in [-0.3, -0.25) is 9.59 Å². The molecule has 0 aliphatic carbocycles. The lowest BCUT2D eigenvalue weighted by molar-refractivity contribution is -0.114. The highest BCUT2D eigenvalue weighted by molar-refractivity contribution is 6.64. The first kappa shape index (κ1) is 12.8. The molecule has 1 aromatic rings. The van der Waals surface area contributed by atoms with Gasteiger partial charge in [0.05, 0.1) is 0 Å². The van der Waals surface area contributed by atoms with E-state index in [9.17, 15) is 9.59 Å². The summed E-state index contributed by atoms with van der Waals surface area (Å²) in [6, 6.07) is 6.36. The lowest BCUT2D eigenvalue weighted by atomic mass is 10.3. The van der Waals surface area contributed by atoms with Crippen LogP contribution in [-0.4, -0.2) is 23.7 Å². The van der Waals surface area contributed by atoms with E-state index in [-0.39, 0.29) is 13.2 Å². The second-order valence-corrected chi connectivity index (χ2v) is 3.60. The molecule has 0 spiro atoms. The van der Waals surface area contributed by atoms with Crippen LogP contribution in [0.2, 0.25) is 0 Å². The van der Waals surface area contributed by atoms with E-state index in [1.807, 2.05) is 0 Å². The molecule has 16 heavy (non-hydrogen) atoms. The minimum Gasteiger partial charge on any atom is -0.484 e. The standard InChI is InChI=1S/C10H8Cl2O4/c11-9(13)5-15-7-1-2-8(4-3-7)16-6-10(12)14/h1-4H,5-6H2. The Labute approximate surface area is 102 Å². The normalized spacial score (nSPS) is 9.62. The van der Waals surface area contributed by atoms with Crippen molar-refractivity contribution >= 4 is 33.7 Å². The van der Waals surface area contributed by atoms with Crippen molar-refractivity contribution in [3.05, 3.63) is 24.3 Å². The monoisotopic (exact) mass is 262 g/mol. The average Bonchev–Trinajstić information content (AvgIpc) is 2.25. The van der Waals surface area contributed by atoms with Crippen molar-refractivity contribution in [3.63, 3.8) is 0 Å². The Kier molecular flexibility index (Phi) is 5.08. The van der Waals surface area contributed by atoms with Crippen molar-refractivity contribution in [1.29, 1.82) is 0 Å². The van der Waals surface area contributed by atoms with E-state index in [0.717, 1.165) is 0 Å². The molecule has 1 rings (SSSR count). The third kappa shape index (κ3) is 5.00. The third-order valence-corrected chi connectivity index (χ3v) is 1.75. The first-order chi connectivity index (χ1) is 7.58. The Morgan fingerprint density at radius 2 is 1.19 bits per heavy atom. The van der Waals surface area contributed by atoms with Crippen LogP contribution >= 0.6 is 23.2 Å². The predicted molar refractivity (Wildman–Crippen MR) is 59.2 cm³/mol. The van der Waals surface area contributed by atoms with E-state index >= 15 is 0 Å². The maximum atomic E-state index is 10.4. The van der Waals surface area contributed by atoms with Crippen LogP contribution in [0.25, 0.3) is 0 Å². The highest BCUT2D eigenvalue weighted by atomic mass is 35.5. The quantitative estimate of drug-likeness (QED) is 0.736. The molecule has 0 N–H and O–H groups in total. The molecule has 0 heterocycles. The minimum absolute atomic E-state index is 0.193. The zero-order valence-corrected chi connectivity index (χ0v) is 9.62. The first-order valence-electron chi connectivity index (χ1n) is 4.30. The fourth-order valence-electron chi connectivity index (χ4n) is 0.912. The van der Waals surface area contributed by atoms with Gasteiger partial charge < -0.3 is 9.47 Å². The summed E-state index contributed by atoms with van der Waals surface area (Å²) in [5, 5.41) is -1.15. The van der Waals surface area contributed by atoms with Gasteiger partial charge in [0.25, 0.3) is 10.5 Å². The van der Waals surface area contributed by atoms with Crippen molar-refractivity contribution in [2.24, 2.45) is 0 Å². The smallest absolute Gasteiger partial charge is 0.259 e. The van der Waals surface area contributed by atoms with Crippen LogP contribution in [0.3, 0.4) is 0 Å². The summed E-state index contributed by atoms with van der Waals surface area (Å²) in [5.74, 6) is 0.970. The van der Waals surface area contributed by atoms with Crippen molar-refractivity contribution < 1.29 is 19.1 Å².